The van der Waals surface area contributed by atoms with Crippen LogP contribution in [0.4, 0.5) is 0 Å². The molecule has 7 rings (SSSR count). The van der Waals surface area contributed by atoms with E-state index in [0.29, 0.717) is 0 Å². The summed E-state index contributed by atoms with van der Waals surface area (Å²) in [6.45, 7) is 4.02. The molecule has 7 aromatic carbocycles. The standard InChI is InChI=1S/C44H32/c1-2-32-28-30-38(31-29-32)44-42(36-24-14-6-15-25-36)40(34-20-10-4-11-21-34)39(33-18-8-3-9-19-33)41(35-22-12-5-13-23-35)43(44)37-26-16-7-17-27-37/h2-31H,1H2. The summed E-state index contributed by atoms with van der Waals surface area (Å²) in [6.07, 6.45) is 1.91. The number of hydrogen-bond donors (Lipinski definition) is 0. The molecule has 0 aliphatic rings. The molecule has 7 aromatic rings. The van der Waals surface area contributed by atoms with E-state index < -0.39 is 0 Å². The first-order valence-electron chi connectivity index (χ1n) is 15.1. The van der Waals surface area contributed by atoms with Crippen LogP contribution in [0.3, 0.4) is 0 Å². The zero-order valence-corrected chi connectivity index (χ0v) is 24.5. The van der Waals surface area contributed by atoms with Crippen LogP contribution in [-0.4, -0.2) is 0 Å². The van der Waals surface area contributed by atoms with Crippen LogP contribution in [-0.2, 0) is 0 Å². The molecule has 0 radical (unpaired) electrons. The third-order valence-corrected chi connectivity index (χ3v) is 8.25. The lowest BCUT2D eigenvalue weighted by molar-refractivity contribution is 1.51. The van der Waals surface area contributed by atoms with Gasteiger partial charge in [-0.15, -0.1) is 0 Å². The molecule has 0 fully saturated rings. The second kappa shape index (κ2) is 12.3. The van der Waals surface area contributed by atoms with E-state index in [1.54, 1.807) is 0 Å². The van der Waals surface area contributed by atoms with Crippen molar-refractivity contribution in [2.45, 2.75) is 0 Å². The second-order valence-electron chi connectivity index (χ2n) is 10.9. The highest BCUT2D eigenvalue weighted by molar-refractivity contribution is 6.15. The van der Waals surface area contributed by atoms with E-state index in [1.807, 2.05) is 6.08 Å². The molecule has 0 aliphatic heterocycles. The summed E-state index contributed by atoms with van der Waals surface area (Å²) in [4.78, 5) is 0. The van der Waals surface area contributed by atoms with Crippen LogP contribution >= 0.6 is 0 Å². The summed E-state index contributed by atoms with van der Waals surface area (Å²) >= 11 is 0. The van der Waals surface area contributed by atoms with Crippen molar-refractivity contribution >= 4 is 6.08 Å². The summed E-state index contributed by atoms with van der Waals surface area (Å²) in [5.74, 6) is 0. The van der Waals surface area contributed by atoms with E-state index in [0.717, 1.165) is 5.56 Å². The number of benzene rings is 7. The molecule has 0 amide bonds. The van der Waals surface area contributed by atoms with Crippen LogP contribution in [0.15, 0.2) is 183 Å². The van der Waals surface area contributed by atoms with Crippen molar-refractivity contribution in [3.05, 3.63) is 188 Å². The van der Waals surface area contributed by atoms with Crippen molar-refractivity contribution < 1.29 is 0 Å². The quantitative estimate of drug-likeness (QED) is 0.182. The van der Waals surface area contributed by atoms with Crippen LogP contribution in [0.1, 0.15) is 5.56 Å². The normalized spacial score (nSPS) is 10.8. The average molecular weight is 561 g/mol. The fourth-order valence-electron chi connectivity index (χ4n) is 6.29. The average Bonchev–Trinajstić information content (AvgIpc) is 3.12. The molecular formula is C44H32. The first kappa shape index (κ1) is 27.1. The van der Waals surface area contributed by atoms with Gasteiger partial charge >= 0.3 is 0 Å². The molecule has 0 nitrogen and oxygen atoms in total. The molecule has 0 atom stereocenters. The van der Waals surface area contributed by atoms with E-state index in [-0.39, 0.29) is 0 Å². The van der Waals surface area contributed by atoms with Gasteiger partial charge in [0.15, 0.2) is 0 Å². The fourth-order valence-corrected chi connectivity index (χ4v) is 6.29. The van der Waals surface area contributed by atoms with Crippen LogP contribution in [0, 0.1) is 0 Å². The molecule has 0 aliphatic carbocycles. The Morgan fingerprint density at radius 3 is 0.659 bits per heavy atom. The Morgan fingerprint density at radius 1 is 0.250 bits per heavy atom. The molecule has 44 heavy (non-hydrogen) atoms. The Labute approximate surface area is 260 Å². The van der Waals surface area contributed by atoms with Crippen molar-refractivity contribution in [2.75, 3.05) is 0 Å². The highest BCUT2D eigenvalue weighted by Crippen LogP contribution is 2.55. The van der Waals surface area contributed by atoms with Gasteiger partial charge in [-0.2, -0.15) is 0 Å². The molecule has 0 saturated heterocycles. The van der Waals surface area contributed by atoms with E-state index in [2.05, 4.69) is 183 Å². The molecule has 0 heterocycles. The van der Waals surface area contributed by atoms with Gasteiger partial charge in [0.2, 0.25) is 0 Å². The Kier molecular flexibility index (Phi) is 7.56. The largest absolute Gasteiger partial charge is 0.0985 e. The maximum atomic E-state index is 4.02. The maximum Gasteiger partial charge on any atom is -0.00139 e. The van der Waals surface area contributed by atoms with Crippen LogP contribution in [0.2, 0.25) is 0 Å². The molecule has 0 aromatic heterocycles. The number of rotatable bonds is 7. The van der Waals surface area contributed by atoms with Crippen molar-refractivity contribution in [1.29, 1.82) is 0 Å². The van der Waals surface area contributed by atoms with Gasteiger partial charge in [0.05, 0.1) is 0 Å². The first-order valence-corrected chi connectivity index (χ1v) is 15.1. The Morgan fingerprint density at radius 2 is 0.455 bits per heavy atom. The molecule has 0 saturated carbocycles. The minimum absolute atomic E-state index is 1.10. The van der Waals surface area contributed by atoms with Gasteiger partial charge in [-0.25, -0.2) is 0 Å². The highest BCUT2D eigenvalue weighted by atomic mass is 14.3. The van der Waals surface area contributed by atoms with Gasteiger partial charge in [-0.3, -0.25) is 0 Å². The lowest BCUT2D eigenvalue weighted by atomic mass is 9.74. The second-order valence-corrected chi connectivity index (χ2v) is 10.9. The molecule has 0 N–H and O–H groups in total. The van der Waals surface area contributed by atoms with E-state index in [1.165, 1.54) is 66.8 Å². The molecule has 0 heteroatoms. The molecule has 0 spiro atoms. The molecular weight excluding hydrogens is 528 g/mol. The topological polar surface area (TPSA) is 0 Å². The lowest BCUT2D eigenvalue weighted by Crippen LogP contribution is -2.02. The van der Waals surface area contributed by atoms with Crippen LogP contribution < -0.4 is 0 Å². The van der Waals surface area contributed by atoms with E-state index in [9.17, 15) is 0 Å². The monoisotopic (exact) mass is 560 g/mol. The predicted molar refractivity (Wildman–Crippen MR) is 189 cm³/mol. The lowest BCUT2D eigenvalue weighted by Gasteiger charge is -2.28. The van der Waals surface area contributed by atoms with E-state index >= 15 is 0 Å². The minimum atomic E-state index is 1.10. The summed E-state index contributed by atoms with van der Waals surface area (Å²) in [5.41, 5.74) is 15.5. The minimum Gasteiger partial charge on any atom is -0.0985 e. The fraction of sp³-hybridized carbons (Fsp3) is 0. The SMILES string of the molecule is C=Cc1ccc(-c2c(-c3ccccc3)c(-c3ccccc3)c(-c3ccccc3)c(-c3ccccc3)c2-c2ccccc2)cc1. The summed E-state index contributed by atoms with van der Waals surface area (Å²) in [5, 5.41) is 0. The van der Waals surface area contributed by atoms with Gasteiger partial charge in [-0.1, -0.05) is 189 Å². The Hall–Kier alpha value is -5.72. The van der Waals surface area contributed by atoms with Crippen molar-refractivity contribution in [1.82, 2.24) is 0 Å². The summed E-state index contributed by atoms with van der Waals surface area (Å²) < 4.78 is 0. The summed E-state index contributed by atoms with van der Waals surface area (Å²) in [7, 11) is 0. The van der Waals surface area contributed by atoms with Crippen LogP contribution in [0.5, 0.6) is 0 Å². The maximum absolute atomic E-state index is 4.02. The zero-order valence-electron chi connectivity index (χ0n) is 24.5. The molecule has 208 valence electrons. The Bertz CT molecular complexity index is 1900. The van der Waals surface area contributed by atoms with Gasteiger partial charge in [0.1, 0.15) is 0 Å². The smallest absolute Gasteiger partial charge is 0.00139 e. The zero-order chi connectivity index (χ0) is 29.7. The number of hydrogen-bond acceptors (Lipinski definition) is 0. The third-order valence-electron chi connectivity index (χ3n) is 8.25. The first-order chi connectivity index (χ1) is 21.8. The molecule has 0 unspecified atom stereocenters. The summed E-state index contributed by atoms with van der Waals surface area (Å²) in [6, 6.07) is 63.2. The van der Waals surface area contributed by atoms with Crippen molar-refractivity contribution in [3.63, 3.8) is 0 Å². The van der Waals surface area contributed by atoms with Crippen LogP contribution in [0.25, 0.3) is 72.8 Å². The molecule has 0 bridgehead atoms. The van der Waals surface area contributed by atoms with Gasteiger partial charge in [0, 0.05) is 0 Å². The third kappa shape index (κ3) is 5.08. The predicted octanol–water partition coefficient (Wildman–Crippen LogP) is 12.3. The van der Waals surface area contributed by atoms with Gasteiger partial charge in [-0.05, 0) is 72.3 Å². The van der Waals surface area contributed by atoms with Gasteiger partial charge in [0.25, 0.3) is 0 Å². The van der Waals surface area contributed by atoms with Gasteiger partial charge < -0.3 is 0 Å². The Balaban J connectivity index is 1.80. The van der Waals surface area contributed by atoms with E-state index in [4.69, 9.17) is 0 Å². The van der Waals surface area contributed by atoms with Crippen molar-refractivity contribution in [2.24, 2.45) is 0 Å². The highest BCUT2D eigenvalue weighted by Gasteiger charge is 2.28. The van der Waals surface area contributed by atoms with Crippen molar-refractivity contribution in [3.8, 4) is 66.8 Å².